The molecule has 2 aromatic rings. The average molecular weight is 1310 g/mol. The fraction of sp³-hybridized carbons (Fsp3) is 0.717. The van der Waals surface area contributed by atoms with Gasteiger partial charge in [-0.2, -0.15) is 0 Å². The molecule has 482 valence electrons. The number of rotatable bonds is 42. The van der Waals surface area contributed by atoms with E-state index in [2.05, 4.69) is 31.0 Å². The minimum Gasteiger partial charge on any atom is -0.779 e. The third-order valence-electron chi connectivity index (χ3n) is 13.3. The van der Waals surface area contributed by atoms with E-state index in [4.69, 9.17) is 51.0 Å². The number of ether oxygens (including phenoxy) is 3. The van der Waals surface area contributed by atoms with Crippen LogP contribution in [0.25, 0.3) is 0 Å². The molecule has 10 atom stereocenters. The van der Waals surface area contributed by atoms with Gasteiger partial charge in [0.1, 0.15) is 39.3 Å². The van der Waals surface area contributed by atoms with E-state index in [1.54, 1.807) is 0 Å². The Bertz CT molecular complexity index is 2490. The number of halogens is 2. The molecule has 1 aliphatic carbocycles. The van der Waals surface area contributed by atoms with Crippen molar-refractivity contribution < 1.29 is 109 Å². The van der Waals surface area contributed by atoms with Crippen LogP contribution in [0.3, 0.4) is 0 Å². The number of aliphatic hydroxyl groups is 3. The van der Waals surface area contributed by atoms with Crippen LogP contribution >= 0.6 is 54.0 Å². The Morgan fingerprint density at radius 3 is 1.89 bits per heavy atom. The second-order valence-corrected chi connectivity index (χ2v) is 27.5. The van der Waals surface area contributed by atoms with E-state index < -0.39 is 68.1 Å². The van der Waals surface area contributed by atoms with E-state index in [-0.39, 0.29) is 82.0 Å². The van der Waals surface area contributed by atoms with Crippen LogP contribution in [-0.4, -0.2) is 155 Å². The van der Waals surface area contributed by atoms with Crippen LogP contribution in [0.1, 0.15) is 145 Å². The number of amides is 2. The third-order valence-corrected chi connectivity index (χ3v) is 17.3. The topological polar surface area (TPSA) is 371 Å². The Kier molecular flexibility index (Phi) is 35.5. The summed E-state index contributed by atoms with van der Waals surface area (Å²) in [6.45, 7) is 3.04. The van der Waals surface area contributed by atoms with Crippen molar-refractivity contribution in [1.29, 1.82) is 0 Å². The number of phosphoric ester groups is 2. The molecule has 0 saturated carbocycles. The van der Waals surface area contributed by atoms with Crippen LogP contribution in [0, 0.1) is 0 Å². The van der Waals surface area contributed by atoms with Crippen LogP contribution in [0.5, 0.6) is 0 Å². The first kappa shape index (κ1) is 76.2. The van der Waals surface area contributed by atoms with Gasteiger partial charge in [-0.25, -0.2) is 0 Å². The van der Waals surface area contributed by atoms with Crippen LogP contribution in [-0.2, 0) is 74.0 Å². The summed E-state index contributed by atoms with van der Waals surface area (Å²) in [5.74, 6) is -2.44. The second-order valence-electron chi connectivity index (χ2n) is 20.3. The molecular formula is C53H84Cl2N2O23P4-4. The van der Waals surface area contributed by atoms with Crippen molar-refractivity contribution >= 4 is 71.6 Å². The monoisotopic (exact) mass is 1310 g/mol. The number of carbonyl (C=O) groups excluding carboxylic acids is 3. The summed E-state index contributed by atoms with van der Waals surface area (Å²) < 4.78 is 89.7. The lowest BCUT2D eigenvalue weighted by molar-refractivity contribution is -0.253. The highest BCUT2D eigenvalue weighted by Crippen LogP contribution is 2.46. The molecule has 1 heterocycles. The van der Waals surface area contributed by atoms with Crippen LogP contribution < -0.4 is 24.9 Å². The minimum atomic E-state index is -4.88. The van der Waals surface area contributed by atoms with Crippen molar-refractivity contribution in [2.45, 2.75) is 152 Å². The molecule has 31 heteroatoms. The van der Waals surface area contributed by atoms with Gasteiger partial charge in [0.2, 0.25) is 17.6 Å². The van der Waals surface area contributed by atoms with E-state index in [9.17, 15) is 67.5 Å². The van der Waals surface area contributed by atoms with Crippen molar-refractivity contribution in [3.63, 3.8) is 0 Å². The Balaban J connectivity index is 0.000000441. The summed E-state index contributed by atoms with van der Waals surface area (Å²) >= 11 is 12.4. The zero-order valence-electron chi connectivity index (χ0n) is 48.2. The summed E-state index contributed by atoms with van der Waals surface area (Å²) in [5, 5.41) is 33.1. The second kappa shape index (κ2) is 39.1. The number of unbranched alkanes of at least 4 members (excludes halogenated alkanes) is 7. The molecule has 0 radical (unpaired) electrons. The fourth-order valence-electron chi connectivity index (χ4n) is 9.02. The first-order chi connectivity index (χ1) is 39.6. The predicted octanol–water partition coefficient (Wildman–Crippen LogP) is 6.21. The molecule has 2 amide bonds. The largest absolute Gasteiger partial charge is 0.779 e. The van der Waals surface area contributed by atoms with Gasteiger partial charge in [0.05, 0.1) is 62.3 Å². The summed E-state index contributed by atoms with van der Waals surface area (Å²) in [4.78, 5) is 85.1. The Hall–Kier alpha value is -2.09. The molecular weight excluding hydrogens is 1230 g/mol. The fourth-order valence-corrected chi connectivity index (χ4v) is 12.0. The maximum Gasteiger partial charge on any atom is 0.267 e. The van der Waals surface area contributed by atoms with Gasteiger partial charge >= 0.3 is 0 Å². The molecule has 5 unspecified atom stereocenters. The van der Waals surface area contributed by atoms with Crippen LogP contribution in [0.15, 0.2) is 42.5 Å². The number of nitrogens with zero attached hydrogens (tertiary/aromatic N) is 1. The first-order valence-corrected chi connectivity index (χ1v) is 35.8. The number of hydrogen-bond acceptors (Lipinski definition) is 23. The number of hydrogen-bond donors (Lipinski definition) is 4. The van der Waals surface area contributed by atoms with Crippen molar-refractivity contribution in [2.75, 3.05) is 93.0 Å². The third kappa shape index (κ3) is 30.4. The standard InChI is InChI=1S/C32H43Cl2N2O6P.C21H45O17P3/c1-36(30-18-16-25(26-11-7-8-12-27(26)30)23-14-17-28(33)29(34)22-23)32(39)13-6-4-3-5-10-24(37)15-19-31(38)35-20-9-21-42-43(2,40)41;1-3-31-10-6-4-8-12-33-40(27,28)35-15-14-32-11-7-5-9-13-34-41(29,30)36-16-18-19(38-39(2,25)26)20(23)21(24,17-22)37-18/h7-8,11-12,14,17,22,25,30H,3-6,9-10,13,15-16,18-21H2,1-2H3,(H,35,38)(H,40,41);18-20,22-24H,3-17H2,1-2H3,(H,25,26)(H,27,28)(H,29,30)/p-4/t25-,30-;18-,19+,20?,21-/m01/s1. The van der Waals surface area contributed by atoms with Crippen molar-refractivity contribution in [2.24, 2.45) is 0 Å². The number of fused-ring (bicyclic) bond motifs is 1. The molecule has 2 aromatic carbocycles. The van der Waals surface area contributed by atoms with Crippen molar-refractivity contribution in [3.05, 3.63) is 69.2 Å². The minimum absolute atomic E-state index is 0.0118. The predicted molar refractivity (Wildman–Crippen MR) is 304 cm³/mol. The maximum absolute atomic E-state index is 13.1. The molecule has 1 fully saturated rings. The number of phosphoric acid groups is 2. The van der Waals surface area contributed by atoms with E-state index in [0.29, 0.717) is 81.4 Å². The van der Waals surface area contributed by atoms with Gasteiger partial charge in [-0.3, -0.25) is 23.5 Å². The van der Waals surface area contributed by atoms with E-state index in [1.165, 1.54) is 11.1 Å². The van der Waals surface area contributed by atoms with Gasteiger partial charge in [-0.1, -0.05) is 66.4 Å². The average Bonchev–Trinajstić information content (AvgIpc) is 2.41. The Morgan fingerprint density at radius 2 is 1.27 bits per heavy atom. The molecule has 4 N–H and O–H groups in total. The number of benzene rings is 2. The molecule has 4 rings (SSSR count). The highest BCUT2D eigenvalue weighted by molar-refractivity contribution is 7.50. The van der Waals surface area contributed by atoms with Crippen molar-refractivity contribution in [1.82, 2.24) is 10.2 Å². The Morgan fingerprint density at radius 1 is 0.690 bits per heavy atom. The Labute approximate surface area is 502 Å². The van der Waals surface area contributed by atoms with Gasteiger partial charge in [-0.15, -0.1) is 0 Å². The van der Waals surface area contributed by atoms with E-state index in [1.807, 2.05) is 49.2 Å². The van der Waals surface area contributed by atoms with Crippen molar-refractivity contribution in [3.8, 4) is 0 Å². The quantitative estimate of drug-likeness (QED) is 0.0424. The number of ketones is 1. The van der Waals surface area contributed by atoms with Gasteiger partial charge in [0, 0.05) is 78.3 Å². The molecule has 84 heavy (non-hydrogen) atoms. The lowest BCUT2D eigenvalue weighted by Crippen LogP contribution is -2.46. The van der Waals surface area contributed by atoms with Gasteiger partial charge in [0.15, 0.2) is 0 Å². The number of Topliss-reactive ketones (excluding diaryl/α,β-unsaturated/α-hetero) is 1. The molecule has 1 aliphatic heterocycles. The molecule has 0 aromatic heterocycles. The number of carbonyl (C=O) groups is 3. The number of aliphatic hydroxyl groups excluding tert-OH is 2. The molecule has 2 aliphatic rings. The highest BCUT2D eigenvalue weighted by atomic mass is 35.5. The zero-order chi connectivity index (χ0) is 62.4. The molecule has 0 bridgehead atoms. The summed E-state index contributed by atoms with van der Waals surface area (Å²) in [5.41, 5.74) is 3.53. The van der Waals surface area contributed by atoms with Crippen LogP contribution in [0.4, 0.5) is 0 Å². The molecule has 25 nitrogen and oxygen atoms in total. The SMILES string of the molecule is CCOCCCCCOP(=O)([O-])OCCOCCCCCOP(=O)([O-])OC[C@H]1O[C@](O)(CO)C(O)[C@H]1OP(C)(=O)[O-].CN(C(=O)CCCCCCC(=O)CCC(=O)NCCCOP(C)(=O)[O-])[C@H]1CC[C@@H](c2ccc(Cl)c(Cl)c2)c2ccccc21. The summed E-state index contributed by atoms with van der Waals surface area (Å²) in [7, 11) is -15.6. The smallest absolute Gasteiger partial charge is 0.267 e. The highest BCUT2D eigenvalue weighted by Gasteiger charge is 2.55. The lowest BCUT2D eigenvalue weighted by Gasteiger charge is -2.37. The summed E-state index contributed by atoms with van der Waals surface area (Å²) in [6, 6.07) is 14.2. The lowest BCUT2D eigenvalue weighted by atomic mass is 9.76. The normalized spacial score (nSPS) is 22.3. The number of nitrogens with one attached hydrogen (secondary N) is 1. The molecule has 1 saturated heterocycles. The van der Waals surface area contributed by atoms with Crippen LogP contribution in [0.2, 0.25) is 10.0 Å². The first-order valence-electron chi connectivity index (χ1n) is 28.1. The molecule has 0 spiro atoms. The maximum atomic E-state index is 13.1. The van der Waals surface area contributed by atoms with Gasteiger partial charge < -0.3 is 95.6 Å². The van der Waals surface area contributed by atoms with E-state index in [0.717, 1.165) is 63.6 Å². The zero-order valence-corrected chi connectivity index (χ0v) is 53.3. The van der Waals surface area contributed by atoms with Gasteiger partial charge in [0.25, 0.3) is 15.6 Å². The summed E-state index contributed by atoms with van der Waals surface area (Å²) in [6.07, 6.45) is 4.73. The van der Waals surface area contributed by atoms with Gasteiger partial charge in [-0.05, 0) is 106 Å². The van der Waals surface area contributed by atoms with E-state index >= 15 is 0 Å².